The van der Waals surface area contributed by atoms with Crippen LogP contribution < -0.4 is 0 Å². The maximum absolute atomic E-state index is 5.96. The first kappa shape index (κ1) is 12.6. The van der Waals surface area contributed by atoms with Crippen molar-refractivity contribution in [1.82, 2.24) is 0 Å². The van der Waals surface area contributed by atoms with E-state index in [2.05, 4.69) is 42.5 Å². The summed E-state index contributed by atoms with van der Waals surface area (Å²) in [5.74, 6) is 1.70. The number of rotatable bonds is 2. The molecule has 2 heteroatoms. The van der Waals surface area contributed by atoms with E-state index in [-0.39, 0.29) is 0 Å². The molecular formula is C17H17ClO. The topological polar surface area (TPSA) is 9.23 Å². The molecule has 1 nitrogen and oxygen atoms in total. The van der Waals surface area contributed by atoms with Gasteiger partial charge < -0.3 is 4.74 Å². The number of allylic oxidation sites excluding steroid dienone is 5. The van der Waals surface area contributed by atoms with Crippen LogP contribution >= 0.6 is 11.6 Å². The predicted molar refractivity (Wildman–Crippen MR) is 79.1 cm³/mol. The number of benzene rings is 1. The summed E-state index contributed by atoms with van der Waals surface area (Å²) in [6.07, 6.45) is 9.41. The molecule has 0 aromatic heterocycles. The molecule has 98 valence electrons. The molecular weight excluding hydrogens is 256 g/mol. The van der Waals surface area contributed by atoms with Gasteiger partial charge in [-0.3, -0.25) is 0 Å². The summed E-state index contributed by atoms with van der Waals surface area (Å²) >= 11 is 5.80. The van der Waals surface area contributed by atoms with E-state index in [1.165, 1.54) is 22.3 Å². The molecule has 0 unspecified atom stereocenters. The third-order valence-corrected chi connectivity index (χ3v) is 3.88. The zero-order valence-electron chi connectivity index (χ0n) is 10.9. The number of halogens is 1. The van der Waals surface area contributed by atoms with Gasteiger partial charge in [0, 0.05) is 17.9 Å². The highest BCUT2D eigenvalue weighted by Gasteiger charge is 2.19. The van der Waals surface area contributed by atoms with Crippen molar-refractivity contribution in [2.45, 2.75) is 25.9 Å². The lowest BCUT2D eigenvalue weighted by Gasteiger charge is -2.17. The Morgan fingerprint density at radius 2 is 2.05 bits per heavy atom. The summed E-state index contributed by atoms with van der Waals surface area (Å²) in [7, 11) is 0. The van der Waals surface area contributed by atoms with E-state index < -0.39 is 0 Å². The van der Waals surface area contributed by atoms with Gasteiger partial charge in [-0.1, -0.05) is 36.4 Å². The molecule has 1 aromatic carbocycles. The summed E-state index contributed by atoms with van der Waals surface area (Å²) < 4.78 is 5.96. The van der Waals surface area contributed by atoms with Crippen molar-refractivity contribution >= 4 is 11.6 Å². The number of hydrogen-bond acceptors (Lipinski definition) is 1. The first-order chi connectivity index (χ1) is 9.38. The second-order valence-corrected chi connectivity index (χ2v) is 5.27. The fourth-order valence-corrected chi connectivity index (χ4v) is 2.77. The first-order valence-electron chi connectivity index (χ1n) is 6.73. The third kappa shape index (κ3) is 2.62. The average molecular weight is 273 g/mol. The van der Waals surface area contributed by atoms with Crippen LogP contribution in [-0.2, 0) is 17.8 Å². The average Bonchev–Trinajstić information content (AvgIpc) is 2.64. The molecule has 19 heavy (non-hydrogen) atoms. The Morgan fingerprint density at radius 1 is 1.21 bits per heavy atom. The number of fused-ring (bicyclic) bond motifs is 1. The van der Waals surface area contributed by atoms with Gasteiger partial charge in [0.15, 0.2) is 0 Å². The van der Waals surface area contributed by atoms with Crippen molar-refractivity contribution in [2.24, 2.45) is 0 Å². The maximum Gasteiger partial charge on any atom is 0.123 e. The van der Waals surface area contributed by atoms with Crippen LogP contribution in [0, 0.1) is 0 Å². The lowest BCUT2D eigenvalue weighted by atomic mass is 9.90. The minimum absolute atomic E-state index is 0.669. The van der Waals surface area contributed by atoms with Crippen LogP contribution in [0.25, 0.3) is 0 Å². The van der Waals surface area contributed by atoms with E-state index in [9.17, 15) is 0 Å². The molecule has 0 spiro atoms. The minimum atomic E-state index is 0.669. The van der Waals surface area contributed by atoms with Gasteiger partial charge in [-0.2, -0.15) is 0 Å². The quantitative estimate of drug-likeness (QED) is 0.719. The van der Waals surface area contributed by atoms with Crippen molar-refractivity contribution in [3.05, 3.63) is 70.5 Å². The van der Waals surface area contributed by atoms with Crippen LogP contribution in [0.15, 0.2) is 59.4 Å². The smallest absolute Gasteiger partial charge is 0.123 e. The largest absolute Gasteiger partial charge is 0.489 e. The lowest BCUT2D eigenvalue weighted by Crippen LogP contribution is -2.02. The first-order valence-corrected chi connectivity index (χ1v) is 7.26. The van der Waals surface area contributed by atoms with Crippen molar-refractivity contribution in [2.75, 3.05) is 5.88 Å². The molecule has 1 aromatic rings. The van der Waals surface area contributed by atoms with E-state index in [1.54, 1.807) is 0 Å². The van der Waals surface area contributed by atoms with Gasteiger partial charge in [0.05, 0.1) is 0 Å². The highest BCUT2D eigenvalue weighted by Crippen LogP contribution is 2.33. The Labute approximate surface area is 119 Å². The molecule has 0 atom stereocenters. The molecule has 1 heterocycles. The highest BCUT2D eigenvalue weighted by molar-refractivity contribution is 6.17. The van der Waals surface area contributed by atoms with Gasteiger partial charge in [-0.15, -0.1) is 11.6 Å². The monoisotopic (exact) mass is 272 g/mol. The molecule has 1 aliphatic carbocycles. The van der Waals surface area contributed by atoms with Crippen LogP contribution in [-0.4, -0.2) is 5.88 Å². The maximum atomic E-state index is 5.96. The summed E-state index contributed by atoms with van der Waals surface area (Å²) in [6.45, 7) is 0.669. The third-order valence-electron chi connectivity index (χ3n) is 3.66. The summed E-state index contributed by atoms with van der Waals surface area (Å²) in [5, 5.41) is 0. The van der Waals surface area contributed by atoms with Gasteiger partial charge in [0.1, 0.15) is 12.4 Å². The normalized spacial score (nSPS) is 19.7. The van der Waals surface area contributed by atoms with E-state index in [0.717, 1.165) is 25.0 Å². The summed E-state index contributed by atoms with van der Waals surface area (Å²) in [4.78, 5) is 0. The SMILES string of the molecule is ClCCC=C1CC=CC2=C1Cc1ccccc1CO2. The Balaban J connectivity index is 1.97. The van der Waals surface area contributed by atoms with Gasteiger partial charge in [-0.25, -0.2) is 0 Å². The molecule has 0 radical (unpaired) electrons. The predicted octanol–water partition coefficient (Wildman–Crippen LogP) is 4.53. The second-order valence-electron chi connectivity index (χ2n) is 4.89. The van der Waals surface area contributed by atoms with E-state index in [0.29, 0.717) is 12.5 Å². The molecule has 0 saturated heterocycles. The standard InChI is InChI=1S/C17H17ClO/c18-10-4-8-13-7-3-9-17-16(13)11-14-5-1-2-6-15(14)12-19-17/h1-3,5-6,8-9H,4,7,10-12H2. The zero-order valence-corrected chi connectivity index (χ0v) is 11.6. The number of hydrogen-bond donors (Lipinski definition) is 0. The van der Waals surface area contributed by atoms with Crippen molar-refractivity contribution in [1.29, 1.82) is 0 Å². The minimum Gasteiger partial charge on any atom is -0.489 e. The van der Waals surface area contributed by atoms with Crippen LogP contribution in [0.3, 0.4) is 0 Å². The van der Waals surface area contributed by atoms with E-state index in [1.807, 2.05) is 0 Å². The Kier molecular flexibility index (Phi) is 3.74. The van der Waals surface area contributed by atoms with Crippen LogP contribution in [0.5, 0.6) is 0 Å². The number of alkyl halides is 1. The molecule has 1 aliphatic heterocycles. The van der Waals surface area contributed by atoms with Crippen LogP contribution in [0.1, 0.15) is 24.0 Å². The van der Waals surface area contributed by atoms with Crippen LogP contribution in [0.2, 0.25) is 0 Å². The van der Waals surface area contributed by atoms with Crippen molar-refractivity contribution in [3.63, 3.8) is 0 Å². The highest BCUT2D eigenvalue weighted by atomic mass is 35.5. The lowest BCUT2D eigenvalue weighted by molar-refractivity contribution is 0.210. The fraction of sp³-hybridized carbons (Fsp3) is 0.294. The molecule has 0 amide bonds. The van der Waals surface area contributed by atoms with Gasteiger partial charge in [0.25, 0.3) is 0 Å². The fourth-order valence-electron chi connectivity index (χ4n) is 2.66. The molecule has 0 bridgehead atoms. The number of ether oxygens (including phenoxy) is 1. The van der Waals surface area contributed by atoms with Gasteiger partial charge in [0.2, 0.25) is 0 Å². The Hall–Kier alpha value is -1.47. The summed E-state index contributed by atoms with van der Waals surface area (Å²) in [5.41, 5.74) is 5.37. The molecule has 2 aliphatic rings. The van der Waals surface area contributed by atoms with Gasteiger partial charge in [-0.05, 0) is 35.6 Å². The Morgan fingerprint density at radius 3 is 2.89 bits per heavy atom. The van der Waals surface area contributed by atoms with Crippen molar-refractivity contribution < 1.29 is 4.74 Å². The molecule has 0 saturated carbocycles. The summed E-state index contributed by atoms with van der Waals surface area (Å²) in [6, 6.07) is 8.53. The molecule has 3 rings (SSSR count). The Bertz CT molecular complexity index is 566. The zero-order chi connectivity index (χ0) is 13.1. The molecule has 0 N–H and O–H groups in total. The van der Waals surface area contributed by atoms with Crippen LogP contribution in [0.4, 0.5) is 0 Å². The molecule has 0 fully saturated rings. The van der Waals surface area contributed by atoms with E-state index in [4.69, 9.17) is 16.3 Å². The van der Waals surface area contributed by atoms with E-state index >= 15 is 0 Å². The second kappa shape index (κ2) is 5.66. The van der Waals surface area contributed by atoms with Gasteiger partial charge >= 0.3 is 0 Å². The van der Waals surface area contributed by atoms with Crippen molar-refractivity contribution in [3.8, 4) is 0 Å².